The summed E-state index contributed by atoms with van der Waals surface area (Å²) in [6.07, 6.45) is 0. The Morgan fingerprint density at radius 2 is 1.92 bits per heavy atom. The number of hydrogen-bond acceptors (Lipinski definition) is 3. The number of nitrogens with zero attached hydrogens (tertiary/aromatic N) is 1. The predicted molar refractivity (Wildman–Crippen MR) is 46.5 cm³/mol. The second-order valence-electron chi connectivity index (χ2n) is 3.38. The quantitative estimate of drug-likeness (QED) is 0.606. The summed E-state index contributed by atoms with van der Waals surface area (Å²) < 4.78 is 10.9. The predicted octanol–water partition coefficient (Wildman–Crippen LogP) is 2.07. The first-order chi connectivity index (χ1) is 6.11. The molecule has 0 amide bonds. The second kappa shape index (κ2) is 2.40. The van der Waals surface area contributed by atoms with Crippen LogP contribution in [0.5, 0.6) is 11.5 Å². The lowest BCUT2D eigenvalue weighted by Gasteiger charge is -2.16. The first-order valence-corrected chi connectivity index (χ1v) is 4.03. The first kappa shape index (κ1) is 7.93. The molecule has 0 radical (unpaired) electrons. The van der Waals surface area contributed by atoms with Gasteiger partial charge in [-0.1, -0.05) is 0 Å². The van der Waals surface area contributed by atoms with E-state index in [1.807, 2.05) is 19.9 Å². The Hall–Kier alpha value is -1.69. The molecule has 3 nitrogen and oxygen atoms in total. The fourth-order valence-electron chi connectivity index (χ4n) is 1.29. The molecule has 0 saturated carbocycles. The molecule has 0 aromatic heterocycles. The standard InChI is InChI=1S/C10H9NO2/c1-10(2)12-8-4-3-7(6-11)5-9(8)13-10/h3-5H,1-2H3. The largest absolute Gasteiger partial charge is 0.449 e. The van der Waals surface area contributed by atoms with Crippen molar-refractivity contribution in [3.8, 4) is 17.6 Å². The molecule has 0 spiro atoms. The molecule has 1 aromatic rings. The van der Waals surface area contributed by atoms with Crippen molar-refractivity contribution in [2.75, 3.05) is 0 Å². The first-order valence-electron chi connectivity index (χ1n) is 4.03. The molecule has 0 fully saturated rings. The van der Waals surface area contributed by atoms with Crippen LogP contribution in [0, 0.1) is 11.3 Å². The highest BCUT2D eigenvalue weighted by molar-refractivity contribution is 5.48. The maximum absolute atomic E-state index is 8.65. The van der Waals surface area contributed by atoms with Crippen molar-refractivity contribution in [3.63, 3.8) is 0 Å². The number of benzene rings is 1. The average molecular weight is 175 g/mol. The van der Waals surface area contributed by atoms with Crippen molar-refractivity contribution in [2.24, 2.45) is 0 Å². The van der Waals surface area contributed by atoms with E-state index in [-0.39, 0.29) is 0 Å². The van der Waals surface area contributed by atoms with Gasteiger partial charge in [0, 0.05) is 19.9 Å². The van der Waals surface area contributed by atoms with Gasteiger partial charge in [0.25, 0.3) is 0 Å². The average Bonchev–Trinajstić information content (AvgIpc) is 2.36. The van der Waals surface area contributed by atoms with E-state index in [0.29, 0.717) is 17.1 Å². The summed E-state index contributed by atoms with van der Waals surface area (Å²) in [7, 11) is 0. The van der Waals surface area contributed by atoms with Gasteiger partial charge in [-0.25, -0.2) is 0 Å². The summed E-state index contributed by atoms with van der Waals surface area (Å²) in [6.45, 7) is 3.66. The Morgan fingerprint density at radius 1 is 1.23 bits per heavy atom. The van der Waals surface area contributed by atoms with Gasteiger partial charge in [0.2, 0.25) is 5.79 Å². The lowest BCUT2D eigenvalue weighted by Crippen LogP contribution is -2.29. The highest BCUT2D eigenvalue weighted by atomic mass is 16.7. The van der Waals surface area contributed by atoms with E-state index in [4.69, 9.17) is 14.7 Å². The summed E-state index contributed by atoms with van der Waals surface area (Å²) in [5.41, 5.74) is 0.583. The van der Waals surface area contributed by atoms with Gasteiger partial charge >= 0.3 is 0 Å². The zero-order valence-electron chi connectivity index (χ0n) is 7.50. The van der Waals surface area contributed by atoms with Crippen LogP contribution in [-0.4, -0.2) is 5.79 Å². The van der Waals surface area contributed by atoms with E-state index in [0.717, 1.165) is 0 Å². The Bertz CT molecular complexity index is 390. The van der Waals surface area contributed by atoms with Gasteiger partial charge in [-0.15, -0.1) is 0 Å². The van der Waals surface area contributed by atoms with Crippen LogP contribution in [0.25, 0.3) is 0 Å². The second-order valence-corrected chi connectivity index (χ2v) is 3.38. The van der Waals surface area contributed by atoms with Crippen molar-refractivity contribution in [1.29, 1.82) is 5.26 Å². The monoisotopic (exact) mass is 175 g/mol. The van der Waals surface area contributed by atoms with E-state index >= 15 is 0 Å². The molecule has 2 rings (SSSR count). The molecule has 13 heavy (non-hydrogen) atoms. The Kier molecular flexibility index (Phi) is 1.46. The highest BCUT2D eigenvalue weighted by Gasteiger charge is 2.31. The lowest BCUT2D eigenvalue weighted by molar-refractivity contribution is -0.0431. The van der Waals surface area contributed by atoms with E-state index in [1.165, 1.54) is 0 Å². The van der Waals surface area contributed by atoms with Gasteiger partial charge in [0.15, 0.2) is 11.5 Å². The van der Waals surface area contributed by atoms with Gasteiger partial charge in [-0.3, -0.25) is 0 Å². The molecule has 1 aliphatic rings. The molecule has 1 aliphatic heterocycles. The van der Waals surface area contributed by atoms with E-state index in [9.17, 15) is 0 Å². The summed E-state index contributed by atoms with van der Waals surface area (Å²) in [4.78, 5) is 0. The van der Waals surface area contributed by atoms with Crippen molar-refractivity contribution >= 4 is 0 Å². The fourth-order valence-corrected chi connectivity index (χ4v) is 1.29. The minimum absolute atomic E-state index is 0.583. The third-order valence-corrected chi connectivity index (χ3v) is 1.78. The molecule has 0 saturated heterocycles. The number of nitriles is 1. The van der Waals surface area contributed by atoms with E-state index in [1.54, 1.807) is 18.2 Å². The minimum atomic E-state index is -0.615. The Balaban J connectivity index is 2.43. The molecular weight excluding hydrogens is 166 g/mol. The van der Waals surface area contributed by atoms with Gasteiger partial charge in [-0.2, -0.15) is 5.26 Å². The normalized spacial score (nSPS) is 16.7. The third kappa shape index (κ3) is 1.31. The van der Waals surface area contributed by atoms with Crippen LogP contribution in [0.1, 0.15) is 19.4 Å². The minimum Gasteiger partial charge on any atom is -0.449 e. The fraction of sp³-hybridized carbons (Fsp3) is 0.300. The van der Waals surface area contributed by atoms with E-state index in [2.05, 4.69) is 0 Å². The Morgan fingerprint density at radius 3 is 2.62 bits per heavy atom. The topological polar surface area (TPSA) is 42.2 Å². The summed E-state index contributed by atoms with van der Waals surface area (Å²) >= 11 is 0. The van der Waals surface area contributed by atoms with Crippen LogP contribution < -0.4 is 9.47 Å². The molecule has 0 bridgehead atoms. The van der Waals surface area contributed by atoms with Gasteiger partial charge < -0.3 is 9.47 Å². The molecule has 66 valence electrons. The molecule has 0 unspecified atom stereocenters. The molecule has 1 heterocycles. The molecule has 0 atom stereocenters. The number of rotatable bonds is 0. The SMILES string of the molecule is CC1(C)Oc2ccc(C#N)cc2O1. The summed E-state index contributed by atoms with van der Waals surface area (Å²) in [6, 6.07) is 7.20. The van der Waals surface area contributed by atoms with Gasteiger partial charge in [0.05, 0.1) is 11.6 Å². The van der Waals surface area contributed by atoms with Crippen molar-refractivity contribution in [1.82, 2.24) is 0 Å². The number of hydrogen-bond donors (Lipinski definition) is 0. The van der Waals surface area contributed by atoms with Gasteiger partial charge in [-0.05, 0) is 12.1 Å². The molecule has 3 heteroatoms. The van der Waals surface area contributed by atoms with Crippen LogP contribution in [0.3, 0.4) is 0 Å². The van der Waals surface area contributed by atoms with Crippen molar-refractivity contribution in [3.05, 3.63) is 23.8 Å². The zero-order chi connectivity index (χ0) is 9.47. The van der Waals surface area contributed by atoms with Crippen LogP contribution in [0.2, 0.25) is 0 Å². The molecule has 1 aromatic carbocycles. The highest BCUT2D eigenvalue weighted by Crippen LogP contribution is 2.39. The van der Waals surface area contributed by atoms with Crippen LogP contribution in [0.4, 0.5) is 0 Å². The lowest BCUT2D eigenvalue weighted by atomic mass is 10.2. The van der Waals surface area contributed by atoms with Crippen LogP contribution in [0.15, 0.2) is 18.2 Å². The van der Waals surface area contributed by atoms with Crippen molar-refractivity contribution < 1.29 is 9.47 Å². The van der Waals surface area contributed by atoms with Crippen molar-refractivity contribution in [2.45, 2.75) is 19.6 Å². The molecule has 0 aliphatic carbocycles. The van der Waals surface area contributed by atoms with E-state index < -0.39 is 5.79 Å². The van der Waals surface area contributed by atoms with Gasteiger partial charge in [0.1, 0.15) is 0 Å². The summed E-state index contributed by atoms with van der Waals surface area (Å²) in [5.74, 6) is 0.726. The maximum Gasteiger partial charge on any atom is 0.246 e. The Labute approximate surface area is 76.5 Å². The molecule has 0 N–H and O–H groups in total. The number of ether oxygens (including phenoxy) is 2. The molecular formula is C10H9NO2. The smallest absolute Gasteiger partial charge is 0.246 e. The summed E-state index contributed by atoms with van der Waals surface area (Å²) in [5, 5.41) is 8.65. The zero-order valence-corrected chi connectivity index (χ0v) is 7.50. The van der Waals surface area contributed by atoms with Crippen LogP contribution >= 0.6 is 0 Å². The van der Waals surface area contributed by atoms with Crippen LogP contribution in [-0.2, 0) is 0 Å². The number of fused-ring (bicyclic) bond motifs is 1. The maximum atomic E-state index is 8.65. The third-order valence-electron chi connectivity index (χ3n) is 1.78.